The van der Waals surface area contributed by atoms with Crippen molar-refractivity contribution in [3.05, 3.63) is 88.9 Å². The molecular formula is C29H30FN7O2S. The van der Waals surface area contributed by atoms with E-state index < -0.39 is 6.10 Å². The molecule has 6 rings (SSSR count). The van der Waals surface area contributed by atoms with E-state index in [1.165, 1.54) is 23.0 Å². The summed E-state index contributed by atoms with van der Waals surface area (Å²) in [6.07, 6.45) is 5.70. The van der Waals surface area contributed by atoms with E-state index in [-0.39, 0.29) is 23.2 Å². The van der Waals surface area contributed by atoms with Gasteiger partial charge in [0, 0.05) is 35.8 Å². The molecule has 1 aliphatic heterocycles. The van der Waals surface area contributed by atoms with Crippen molar-refractivity contribution in [2.45, 2.75) is 49.9 Å². The maximum Gasteiger partial charge on any atom is 0.251 e. The highest BCUT2D eigenvalue weighted by atomic mass is 32.1. The Labute approximate surface area is 235 Å². The molecular weight excluding hydrogens is 529 g/mol. The van der Waals surface area contributed by atoms with Gasteiger partial charge in [0.15, 0.2) is 6.10 Å². The molecule has 2 unspecified atom stereocenters. The van der Waals surface area contributed by atoms with E-state index in [9.17, 15) is 9.18 Å². The van der Waals surface area contributed by atoms with Gasteiger partial charge in [0.05, 0.1) is 24.9 Å². The van der Waals surface area contributed by atoms with E-state index in [0.29, 0.717) is 43.4 Å². The Hall–Kier alpha value is -3.80. The van der Waals surface area contributed by atoms with Crippen molar-refractivity contribution in [2.75, 3.05) is 18.5 Å². The van der Waals surface area contributed by atoms with Crippen LogP contribution in [0.4, 0.5) is 10.2 Å². The second-order valence-corrected chi connectivity index (χ2v) is 11.3. The van der Waals surface area contributed by atoms with Crippen LogP contribution >= 0.6 is 11.3 Å². The number of pyridine rings is 1. The number of carbonyl (C=O) groups is 1. The highest BCUT2D eigenvalue weighted by Crippen LogP contribution is 2.43. The van der Waals surface area contributed by atoms with Crippen LogP contribution in [0.5, 0.6) is 0 Å². The van der Waals surface area contributed by atoms with Gasteiger partial charge >= 0.3 is 0 Å². The van der Waals surface area contributed by atoms with E-state index in [1.807, 2.05) is 42.5 Å². The van der Waals surface area contributed by atoms with Crippen molar-refractivity contribution in [3.8, 4) is 10.7 Å². The molecule has 2 atom stereocenters. The Bertz CT molecular complexity index is 1450. The lowest BCUT2D eigenvalue weighted by atomic mass is 9.66. The van der Waals surface area contributed by atoms with Gasteiger partial charge in [0.25, 0.3) is 5.91 Å². The van der Waals surface area contributed by atoms with Crippen molar-refractivity contribution in [1.82, 2.24) is 30.8 Å². The van der Waals surface area contributed by atoms with Crippen LogP contribution < -0.4 is 16.0 Å². The van der Waals surface area contributed by atoms with Gasteiger partial charge in [-0.3, -0.25) is 9.78 Å². The van der Waals surface area contributed by atoms with Crippen molar-refractivity contribution >= 4 is 23.1 Å². The molecule has 0 radical (unpaired) electrons. The highest BCUT2D eigenvalue weighted by Gasteiger charge is 2.42. The summed E-state index contributed by atoms with van der Waals surface area (Å²) in [5, 5.41) is 19.0. The molecule has 9 nitrogen and oxygen atoms in total. The van der Waals surface area contributed by atoms with Gasteiger partial charge in [0.1, 0.15) is 22.3 Å². The molecule has 2 aliphatic rings. The van der Waals surface area contributed by atoms with E-state index >= 15 is 0 Å². The highest BCUT2D eigenvalue weighted by molar-refractivity contribution is 7.15. The molecule has 206 valence electrons. The maximum atomic E-state index is 14.4. The first kappa shape index (κ1) is 26.4. The number of thiazole rings is 1. The number of ether oxygens (including phenoxy) is 1. The van der Waals surface area contributed by atoms with Gasteiger partial charge in [-0.25, -0.2) is 9.37 Å². The Morgan fingerprint density at radius 1 is 1.05 bits per heavy atom. The summed E-state index contributed by atoms with van der Waals surface area (Å²) in [6, 6.07) is 16.9. The number of halogens is 1. The minimum atomic E-state index is -0.504. The third kappa shape index (κ3) is 5.72. The van der Waals surface area contributed by atoms with Crippen LogP contribution in [-0.2, 0) is 28.0 Å². The first-order chi connectivity index (χ1) is 19.6. The Balaban J connectivity index is 0.990. The zero-order valence-electron chi connectivity index (χ0n) is 21.8. The summed E-state index contributed by atoms with van der Waals surface area (Å²) >= 11 is 1.45. The summed E-state index contributed by atoms with van der Waals surface area (Å²) in [5.41, 5.74) is 2.01. The van der Waals surface area contributed by atoms with Crippen molar-refractivity contribution < 1.29 is 13.9 Å². The number of nitrogens with one attached hydrogen (secondary N) is 3. The first-order valence-electron chi connectivity index (χ1n) is 13.4. The quantitative estimate of drug-likeness (QED) is 0.254. The van der Waals surface area contributed by atoms with Gasteiger partial charge in [0.2, 0.25) is 0 Å². The average molecular weight is 560 g/mol. The van der Waals surface area contributed by atoms with Gasteiger partial charge in [-0.05, 0) is 42.7 Å². The number of anilines is 1. The monoisotopic (exact) mass is 559 g/mol. The molecule has 1 saturated heterocycles. The second kappa shape index (κ2) is 11.7. The molecule has 1 aromatic carbocycles. The molecule has 0 bridgehead atoms. The molecule has 0 spiro atoms. The third-order valence-corrected chi connectivity index (χ3v) is 8.56. The van der Waals surface area contributed by atoms with E-state index in [2.05, 4.69) is 36.1 Å². The number of rotatable bonds is 11. The van der Waals surface area contributed by atoms with Crippen LogP contribution in [0.1, 0.15) is 35.4 Å². The molecule has 3 N–H and O–H groups in total. The van der Waals surface area contributed by atoms with Gasteiger partial charge in [-0.15, -0.1) is 21.5 Å². The van der Waals surface area contributed by atoms with E-state index in [0.717, 1.165) is 29.1 Å². The van der Waals surface area contributed by atoms with E-state index in [4.69, 9.17) is 4.74 Å². The summed E-state index contributed by atoms with van der Waals surface area (Å²) in [4.78, 5) is 22.3. The Morgan fingerprint density at radius 2 is 1.93 bits per heavy atom. The Kier molecular flexibility index (Phi) is 7.76. The molecule has 3 aromatic heterocycles. The third-order valence-electron chi connectivity index (χ3n) is 7.54. The van der Waals surface area contributed by atoms with Crippen LogP contribution in [0.3, 0.4) is 0 Å². The minimum absolute atomic E-state index is 0.0122. The Morgan fingerprint density at radius 3 is 2.62 bits per heavy atom. The summed E-state index contributed by atoms with van der Waals surface area (Å²) in [6.45, 7) is 2.11. The maximum absolute atomic E-state index is 14.4. The fourth-order valence-electron chi connectivity index (χ4n) is 5.02. The van der Waals surface area contributed by atoms with Gasteiger partial charge in [-0.2, -0.15) is 0 Å². The fourth-order valence-corrected chi connectivity index (χ4v) is 5.83. The number of amides is 1. The normalized spacial score (nSPS) is 19.3. The molecule has 4 heterocycles. The first-order valence-corrected chi connectivity index (χ1v) is 14.2. The van der Waals surface area contributed by atoms with Gasteiger partial charge in [-0.1, -0.05) is 36.8 Å². The zero-order valence-corrected chi connectivity index (χ0v) is 22.7. The van der Waals surface area contributed by atoms with Crippen LogP contribution in [0.25, 0.3) is 10.7 Å². The smallest absolute Gasteiger partial charge is 0.251 e. The predicted octanol–water partition coefficient (Wildman–Crippen LogP) is 3.84. The lowest BCUT2D eigenvalue weighted by Gasteiger charge is -2.41. The fraction of sp³-hybridized carbons (Fsp3) is 0.345. The van der Waals surface area contributed by atoms with Crippen molar-refractivity contribution in [1.29, 1.82) is 0 Å². The number of benzene rings is 1. The number of hydrogen-bond donors (Lipinski definition) is 3. The van der Waals surface area contributed by atoms with Crippen molar-refractivity contribution in [3.63, 3.8) is 0 Å². The molecule has 40 heavy (non-hydrogen) atoms. The van der Waals surface area contributed by atoms with Crippen LogP contribution in [0, 0.1) is 5.82 Å². The van der Waals surface area contributed by atoms with Crippen molar-refractivity contribution in [2.24, 2.45) is 0 Å². The standard InChI is InChI=1S/C29H30FN7O2S/c30-21-8-4-13-31-26(21)29(11-5-12-29)18-35-24-10-9-22(36-37-24)28-34-16-20(40-28)15-33-27(38)25-23(17-39-25)32-14-19-6-2-1-3-7-19/h1-4,6-10,13,16,23,25,32H,5,11-12,14-15,17-18H2,(H,33,38)(H,35,37). The average Bonchev–Trinajstić information content (AvgIpc) is 3.42. The van der Waals surface area contributed by atoms with E-state index in [1.54, 1.807) is 18.5 Å². The van der Waals surface area contributed by atoms with Gasteiger partial charge < -0.3 is 20.7 Å². The SMILES string of the molecule is O=C(NCc1cnc(-c2ccc(NCC3(c4ncccc4F)CCC3)nn2)s1)C1OCC1NCc1ccccc1. The predicted molar refractivity (Wildman–Crippen MR) is 150 cm³/mol. The van der Waals surface area contributed by atoms with Crippen LogP contribution in [0.2, 0.25) is 0 Å². The molecule has 2 fully saturated rings. The lowest BCUT2D eigenvalue weighted by Crippen LogP contribution is -2.60. The molecule has 11 heteroatoms. The topological polar surface area (TPSA) is 114 Å². The number of hydrogen-bond acceptors (Lipinski definition) is 9. The zero-order chi connectivity index (χ0) is 27.4. The molecule has 1 amide bonds. The van der Waals surface area contributed by atoms with Crippen LogP contribution in [-0.4, -0.2) is 51.4 Å². The second-order valence-electron chi connectivity index (χ2n) is 10.2. The summed E-state index contributed by atoms with van der Waals surface area (Å²) in [7, 11) is 0. The molecule has 4 aromatic rings. The summed E-state index contributed by atoms with van der Waals surface area (Å²) in [5.74, 6) is 0.212. The molecule has 1 aliphatic carbocycles. The number of carbonyl (C=O) groups excluding carboxylic acids is 1. The number of aromatic nitrogens is 4. The van der Waals surface area contributed by atoms with Crippen LogP contribution in [0.15, 0.2) is 67.0 Å². The molecule has 1 saturated carbocycles. The lowest BCUT2D eigenvalue weighted by molar-refractivity contribution is -0.152. The largest absolute Gasteiger partial charge is 0.368 e. The number of nitrogens with zero attached hydrogens (tertiary/aromatic N) is 4. The minimum Gasteiger partial charge on any atom is -0.368 e. The summed E-state index contributed by atoms with van der Waals surface area (Å²) < 4.78 is 19.9.